The van der Waals surface area contributed by atoms with Gasteiger partial charge in [0.15, 0.2) is 0 Å². The third kappa shape index (κ3) is 2.13. The maximum atomic E-state index is 12.0. The molecule has 1 aliphatic rings. The standard InChI is InChI=1S/C13H13N3OS/c17-13(11-5-7-14-16-11)15-10-6-8-18-12-4-2-1-3-9(10)12/h1-5,7,10H,6,8H2,(H,14,16)(H,15,17). The Morgan fingerprint density at radius 1 is 1.39 bits per heavy atom. The number of fused-ring (bicyclic) bond motifs is 1. The molecule has 1 aromatic carbocycles. The highest BCUT2D eigenvalue weighted by Crippen LogP contribution is 2.35. The van der Waals surface area contributed by atoms with Gasteiger partial charge in [-0.25, -0.2) is 0 Å². The van der Waals surface area contributed by atoms with Gasteiger partial charge in [-0.3, -0.25) is 9.89 Å². The van der Waals surface area contributed by atoms with Crippen molar-refractivity contribution in [2.45, 2.75) is 17.4 Å². The van der Waals surface area contributed by atoms with Crippen LogP contribution in [0, 0.1) is 0 Å². The molecule has 1 aliphatic heterocycles. The van der Waals surface area contributed by atoms with Gasteiger partial charge in [0.2, 0.25) is 0 Å². The van der Waals surface area contributed by atoms with Crippen molar-refractivity contribution in [1.29, 1.82) is 0 Å². The predicted octanol–water partition coefficient (Wildman–Crippen LogP) is 2.38. The number of benzene rings is 1. The molecule has 0 aliphatic carbocycles. The second kappa shape index (κ2) is 4.86. The first-order valence-corrected chi connectivity index (χ1v) is 6.85. The number of nitrogens with one attached hydrogen (secondary N) is 2. The molecule has 0 spiro atoms. The molecule has 0 fully saturated rings. The van der Waals surface area contributed by atoms with Crippen LogP contribution in [0.25, 0.3) is 0 Å². The van der Waals surface area contributed by atoms with Crippen LogP contribution in [0.5, 0.6) is 0 Å². The molecular weight excluding hydrogens is 246 g/mol. The van der Waals surface area contributed by atoms with Gasteiger partial charge in [0.25, 0.3) is 5.91 Å². The van der Waals surface area contributed by atoms with Crippen LogP contribution >= 0.6 is 11.8 Å². The minimum Gasteiger partial charge on any atom is -0.344 e. The molecule has 2 N–H and O–H groups in total. The molecule has 0 radical (unpaired) electrons. The van der Waals surface area contributed by atoms with Gasteiger partial charge in [0.1, 0.15) is 5.69 Å². The number of aromatic nitrogens is 2. The van der Waals surface area contributed by atoms with E-state index in [1.807, 2.05) is 23.9 Å². The first kappa shape index (κ1) is 11.3. The average molecular weight is 259 g/mol. The van der Waals surface area contributed by atoms with Crippen molar-refractivity contribution >= 4 is 17.7 Å². The molecule has 2 heterocycles. The van der Waals surface area contributed by atoms with E-state index in [1.165, 1.54) is 10.5 Å². The Morgan fingerprint density at radius 3 is 3.11 bits per heavy atom. The number of carbonyl (C=O) groups excluding carboxylic acids is 1. The van der Waals surface area contributed by atoms with Crippen LogP contribution in [-0.2, 0) is 0 Å². The van der Waals surface area contributed by atoms with Crippen molar-refractivity contribution in [2.24, 2.45) is 0 Å². The van der Waals surface area contributed by atoms with E-state index in [-0.39, 0.29) is 11.9 Å². The maximum Gasteiger partial charge on any atom is 0.269 e. The molecule has 5 heteroatoms. The third-order valence-electron chi connectivity index (χ3n) is 3.01. The van der Waals surface area contributed by atoms with Crippen LogP contribution in [0.3, 0.4) is 0 Å². The number of nitrogens with zero attached hydrogens (tertiary/aromatic N) is 1. The summed E-state index contributed by atoms with van der Waals surface area (Å²) in [4.78, 5) is 13.3. The van der Waals surface area contributed by atoms with Gasteiger partial charge in [-0.05, 0) is 24.1 Å². The molecule has 3 rings (SSSR count). The second-order valence-corrected chi connectivity index (χ2v) is 5.31. The lowest BCUT2D eigenvalue weighted by Crippen LogP contribution is -2.30. The Labute approximate surface area is 109 Å². The summed E-state index contributed by atoms with van der Waals surface area (Å²) in [5, 5.41) is 9.53. The summed E-state index contributed by atoms with van der Waals surface area (Å²) in [6.45, 7) is 0. The van der Waals surface area contributed by atoms with E-state index < -0.39 is 0 Å². The van der Waals surface area contributed by atoms with Crippen molar-refractivity contribution in [3.05, 3.63) is 47.8 Å². The van der Waals surface area contributed by atoms with E-state index in [1.54, 1.807) is 12.3 Å². The highest BCUT2D eigenvalue weighted by molar-refractivity contribution is 7.99. The van der Waals surface area contributed by atoms with Crippen molar-refractivity contribution in [2.75, 3.05) is 5.75 Å². The van der Waals surface area contributed by atoms with E-state index >= 15 is 0 Å². The Morgan fingerprint density at radius 2 is 2.28 bits per heavy atom. The van der Waals surface area contributed by atoms with Gasteiger partial charge in [0, 0.05) is 16.8 Å². The number of thioether (sulfide) groups is 1. The normalized spacial score (nSPS) is 18.1. The summed E-state index contributed by atoms with van der Waals surface area (Å²) in [6, 6.07) is 10.0. The number of amides is 1. The molecule has 92 valence electrons. The Bertz CT molecular complexity index is 553. The summed E-state index contributed by atoms with van der Waals surface area (Å²) in [6.07, 6.45) is 2.54. The first-order valence-electron chi connectivity index (χ1n) is 5.86. The molecule has 1 unspecified atom stereocenters. The van der Waals surface area contributed by atoms with Crippen molar-refractivity contribution in [1.82, 2.24) is 15.5 Å². The zero-order valence-electron chi connectivity index (χ0n) is 9.72. The third-order valence-corrected chi connectivity index (χ3v) is 4.13. The lowest BCUT2D eigenvalue weighted by Gasteiger charge is -2.25. The minimum atomic E-state index is -0.0980. The molecule has 0 saturated heterocycles. The molecule has 4 nitrogen and oxygen atoms in total. The van der Waals surface area contributed by atoms with E-state index in [2.05, 4.69) is 27.6 Å². The fraction of sp³-hybridized carbons (Fsp3) is 0.231. The van der Waals surface area contributed by atoms with Crippen molar-refractivity contribution in [3.63, 3.8) is 0 Å². The number of carbonyl (C=O) groups is 1. The zero-order chi connectivity index (χ0) is 12.4. The predicted molar refractivity (Wildman–Crippen MR) is 70.6 cm³/mol. The summed E-state index contributed by atoms with van der Waals surface area (Å²) in [7, 11) is 0. The molecular formula is C13H13N3OS. The molecule has 1 amide bonds. The van der Waals surface area contributed by atoms with Gasteiger partial charge < -0.3 is 5.32 Å². The fourth-order valence-corrected chi connectivity index (χ4v) is 3.24. The largest absolute Gasteiger partial charge is 0.344 e. The molecule has 1 aromatic heterocycles. The van der Waals surface area contributed by atoms with Gasteiger partial charge in [0.05, 0.1) is 6.04 Å². The highest BCUT2D eigenvalue weighted by atomic mass is 32.2. The molecule has 18 heavy (non-hydrogen) atoms. The summed E-state index contributed by atoms with van der Waals surface area (Å²) in [5.41, 5.74) is 1.72. The molecule has 0 saturated carbocycles. The maximum absolute atomic E-state index is 12.0. The van der Waals surface area contributed by atoms with E-state index in [9.17, 15) is 4.79 Å². The Kier molecular flexibility index (Phi) is 3.06. The number of rotatable bonds is 2. The number of H-pyrrole nitrogens is 1. The highest BCUT2D eigenvalue weighted by Gasteiger charge is 2.22. The Balaban J connectivity index is 1.80. The van der Waals surface area contributed by atoms with Crippen LogP contribution in [-0.4, -0.2) is 21.9 Å². The Hall–Kier alpha value is -1.75. The van der Waals surface area contributed by atoms with Crippen LogP contribution in [0.1, 0.15) is 28.5 Å². The van der Waals surface area contributed by atoms with Gasteiger partial charge >= 0.3 is 0 Å². The zero-order valence-corrected chi connectivity index (χ0v) is 10.5. The van der Waals surface area contributed by atoms with Gasteiger partial charge in [-0.15, -0.1) is 11.8 Å². The van der Waals surface area contributed by atoms with Gasteiger partial charge in [-0.1, -0.05) is 18.2 Å². The lowest BCUT2D eigenvalue weighted by atomic mass is 10.0. The van der Waals surface area contributed by atoms with E-state index in [4.69, 9.17) is 0 Å². The minimum absolute atomic E-state index is 0.0956. The molecule has 2 aromatic rings. The fourth-order valence-electron chi connectivity index (χ4n) is 2.11. The monoisotopic (exact) mass is 259 g/mol. The van der Waals surface area contributed by atoms with Crippen LogP contribution in [0.2, 0.25) is 0 Å². The van der Waals surface area contributed by atoms with E-state index in [0.717, 1.165) is 12.2 Å². The lowest BCUT2D eigenvalue weighted by molar-refractivity contribution is 0.0930. The summed E-state index contributed by atoms with van der Waals surface area (Å²) < 4.78 is 0. The molecule has 1 atom stereocenters. The summed E-state index contributed by atoms with van der Waals surface area (Å²) in [5.74, 6) is 0.935. The second-order valence-electron chi connectivity index (χ2n) is 4.17. The van der Waals surface area contributed by atoms with Crippen LogP contribution in [0.15, 0.2) is 41.4 Å². The van der Waals surface area contributed by atoms with Crippen LogP contribution < -0.4 is 5.32 Å². The number of hydrogen-bond donors (Lipinski definition) is 2. The topological polar surface area (TPSA) is 57.8 Å². The quantitative estimate of drug-likeness (QED) is 0.870. The van der Waals surface area contributed by atoms with Crippen molar-refractivity contribution in [3.8, 4) is 0 Å². The van der Waals surface area contributed by atoms with Crippen LogP contribution in [0.4, 0.5) is 0 Å². The van der Waals surface area contributed by atoms with E-state index in [0.29, 0.717) is 5.69 Å². The number of aromatic amines is 1. The molecule has 0 bridgehead atoms. The van der Waals surface area contributed by atoms with Gasteiger partial charge in [-0.2, -0.15) is 5.10 Å². The smallest absolute Gasteiger partial charge is 0.269 e. The SMILES string of the molecule is O=C(NC1CCSc2ccccc21)c1ccn[nH]1. The number of hydrogen-bond acceptors (Lipinski definition) is 3. The van der Waals surface area contributed by atoms with Crippen molar-refractivity contribution < 1.29 is 4.79 Å². The average Bonchev–Trinajstić information content (AvgIpc) is 2.93. The summed E-state index contributed by atoms with van der Waals surface area (Å²) >= 11 is 1.85. The first-order chi connectivity index (χ1) is 8.84.